The molecule has 0 bridgehead atoms. The number of para-hydroxylation sites is 1. The van der Waals surface area contributed by atoms with Crippen molar-refractivity contribution in [3.05, 3.63) is 103 Å². The maximum absolute atomic E-state index is 13.4. The standard InChI is InChI=1S/C27H19F3N2O4S/c28-27(29,30)18-7-6-8-20(15-18)32(37(34,35)21-9-2-1-3-10-21)17-26(33)31-19-13-14-23-22-11-4-5-12-24(22)36-25(23)16-19/h1-16H,17H2,(H,31,33). The molecule has 1 heterocycles. The minimum atomic E-state index is -4.69. The summed E-state index contributed by atoms with van der Waals surface area (Å²) >= 11 is 0. The Balaban J connectivity index is 1.48. The highest BCUT2D eigenvalue weighted by molar-refractivity contribution is 7.92. The number of carbonyl (C=O) groups is 1. The summed E-state index contributed by atoms with van der Waals surface area (Å²) in [6.45, 7) is -0.753. The van der Waals surface area contributed by atoms with Crippen molar-refractivity contribution in [1.29, 1.82) is 0 Å². The molecule has 0 spiro atoms. The monoisotopic (exact) mass is 524 g/mol. The molecule has 1 aromatic heterocycles. The number of alkyl halides is 3. The predicted octanol–water partition coefficient (Wildman–Crippen LogP) is 6.44. The van der Waals surface area contributed by atoms with Gasteiger partial charge >= 0.3 is 6.18 Å². The smallest absolute Gasteiger partial charge is 0.416 e. The molecule has 0 atom stereocenters. The molecule has 5 aromatic rings. The number of hydrogen-bond acceptors (Lipinski definition) is 4. The molecule has 0 saturated heterocycles. The summed E-state index contributed by atoms with van der Waals surface area (Å²) in [6, 6.07) is 23.5. The van der Waals surface area contributed by atoms with Gasteiger partial charge in [0.1, 0.15) is 17.7 Å². The number of halogens is 3. The van der Waals surface area contributed by atoms with Gasteiger partial charge in [-0.25, -0.2) is 8.42 Å². The predicted molar refractivity (Wildman–Crippen MR) is 135 cm³/mol. The first-order valence-corrected chi connectivity index (χ1v) is 12.5. The molecular formula is C27H19F3N2O4S. The van der Waals surface area contributed by atoms with E-state index >= 15 is 0 Å². The second-order valence-corrected chi connectivity index (χ2v) is 10.1. The van der Waals surface area contributed by atoms with Crippen molar-refractivity contribution in [2.75, 3.05) is 16.2 Å². The van der Waals surface area contributed by atoms with Crippen LogP contribution >= 0.6 is 0 Å². The summed E-state index contributed by atoms with van der Waals surface area (Å²) in [7, 11) is -4.37. The van der Waals surface area contributed by atoms with Gasteiger partial charge in [0.05, 0.1) is 16.1 Å². The van der Waals surface area contributed by atoms with Gasteiger partial charge in [0.2, 0.25) is 5.91 Å². The third-order valence-electron chi connectivity index (χ3n) is 5.74. The molecule has 10 heteroatoms. The second kappa shape index (κ2) is 9.29. The average molecular weight is 525 g/mol. The Morgan fingerprint density at radius 1 is 0.811 bits per heavy atom. The minimum absolute atomic E-state index is 0.163. The molecule has 1 N–H and O–H groups in total. The van der Waals surface area contributed by atoms with Crippen molar-refractivity contribution in [2.24, 2.45) is 0 Å². The summed E-state index contributed by atoms with van der Waals surface area (Å²) in [4.78, 5) is 12.8. The van der Waals surface area contributed by atoms with Crippen molar-refractivity contribution in [1.82, 2.24) is 0 Å². The minimum Gasteiger partial charge on any atom is -0.456 e. The van der Waals surface area contributed by atoms with Crippen molar-refractivity contribution in [3.63, 3.8) is 0 Å². The highest BCUT2D eigenvalue weighted by Gasteiger charge is 2.33. The van der Waals surface area contributed by atoms with Gasteiger partial charge < -0.3 is 9.73 Å². The zero-order valence-electron chi connectivity index (χ0n) is 19.1. The number of benzene rings is 4. The Hall–Kier alpha value is -4.31. The fraction of sp³-hybridized carbons (Fsp3) is 0.0741. The third kappa shape index (κ3) is 4.88. The van der Waals surface area contributed by atoms with Gasteiger partial charge in [-0.2, -0.15) is 13.2 Å². The quantitative estimate of drug-likeness (QED) is 0.277. The molecule has 1 amide bonds. The topological polar surface area (TPSA) is 79.6 Å². The van der Waals surface area contributed by atoms with Crippen LogP contribution in [0.1, 0.15) is 5.56 Å². The van der Waals surface area contributed by atoms with E-state index in [9.17, 15) is 26.4 Å². The van der Waals surface area contributed by atoms with Crippen LogP contribution < -0.4 is 9.62 Å². The Bertz CT molecular complexity index is 1710. The second-order valence-electron chi connectivity index (χ2n) is 8.23. The number of carbonyl (C=O) groups excluding carboxylic acids is 1. The lowest BCUT2D eigenvalue weighted by atomic mass is 10.1. The van der Waals surface area contributed by atoms with Crippen LogP contribution in [0.5, 0.6) is 0 Å². The first-order valence-electron chi connectivity index (χ1n) is 11.1. The number of amides is 1. The largest absolute Gasteiger partial charge is 0.456 e. The van der Waals surface area contributed by atoms with Crippen LogP contribution in [-0.4, -0.2) is 20.9 Å². The van der Waals surface area contributed by atoms with Gasteiger partial charge in [-0.05, 0) is 48.5 Å². The molecule has 6 nitrogen and oxygen atoms in total. The lowest BCUT2D eigenvalue weighted by Crippen LogP contribution is -2.38. The van der Waals surface area contributed by atoms with Crippen LogP contribution in [0.25, 0.3) is 21.9 Å². The van der Waals surface area contributed by atoms with Gasteiger partial charge in [0.15, 0.2) is 0 Å². The van der Waals surface area contributed by atoms with Crippen LogP contribution in [0.4, 0.5) is 24.5 Å². The van der Waals surface area contributed by atoms with E-state index in [-0.39, 0.29) is 10.6 Å². The van der Waals surface area contributed by atoms with Crippen LogP contribution in [0.15, 0.2) is 106 Å². The maximum Gasteiger partial charge on any atom is 0.416 e. The van der Waals surface area contributed by atoms with Gasteiger partial charge in [0, 0.05) is 22.5 Å². The molecular weight excluding hydrogens is 505 g/mol. The Labute approximate surface area is 210 Å². The molecule has 0 fully saturated rings. The number of rotatable bonds is 6. The zero-order chi connectivity index (χ0) is 26.2. The van der Waals surface area contributed by atoms with Gasteiger partial charge in [-0.3, -0.25) is 9.10 Å². The molecule has 0 aliphatic carbocycles. The Morgan fingerprint density at radius 2 is 1.51 bits per heavy atom. The van der Waals surface area contributed by atoms with E-state index < -0.39 is 34.2 Å². The zero-order valence-corrected chi connectivity index (χ0v) is 19.9. The molecule has 0 saturated carbocycles. The Morgan fingerprint density at radius 3 is 2.27 bits per heavy atom. The molecule has 0 aliphatic heterocycles. The lowest BCUT2D eigenvalue weighted by molar-refractivity contribution is -0.137. The van der Waals surface area contributed by atoms with Crippen molar-refractivity contribution < 1.29 is 30.8 Å². The highest BCUT2D eigenvalue weighted by atomic mass is 32.2. The number of nitrogens with one attached hydrogen (secondary N) is 1. The molecule has 188 valence electrons. The molecule has 4 aromatic carbocycles. The normalized spacial score (nSPS) is 12.1. The van der Waals surface area contributed by atoms with Crippen molar-refractivity contribution >= 4 is 49.2 Å². The van der Waals surface area contributed by atoms with E-state index in [2.05, 4.69) is 5.32 Å². The van der Waals surface area contributed by atoms with Crippen LogP contribution in [0.3, 0.4) is 0 Å². The number of fused-ring (bicyclic) bond motifs is 3. The number of hydrogen-bond donors (Lipinski definition) is 1. The molecule has 5 rings (SSSR count). The fourth-order valence-corrected chi connectivity index (χ4v) is 5.44. The summed E-state index contributed by atoms with van der Waals surface area (Å²) < 4.78 is 73.3. The van der Waals surface area contributed by atoms with E-state index in [1.165, 1.54) is 30.3 Å². The van der Waals surface area contributed by atoms with Crippen LogP contribution in [-0.2, 0) is 21.0 Å². The first kappa shape index (κ1) is 24.4. The van der Waals surface area contributed by atoms with E-state index in [0.717, 1.165) is 22.9 Å². The van der Waals surface area contributed by atoms with E-state index in [4.69, 9.17) is 4.42 Å². The SMILES string of the molecule is O=C(CN(c1cccc(C(F)(F)F)c1)S(=O)(=O)c1ccccc1)Nc1ccc2c(c1)oc1ccccc12. The molecule has 0 aliphatic rings. The summed E-state index contributed by atoms with van der Waals surface area (Å²) in [5.41, 5.74) is 0.213. The number of sulfonamides is 1. The van der Waals surface area contributed by atoms with Crippen molar-refractivity contribution in [2.45, 2.75) is 11.1 Å². The number of furan rings is 1. The van der Waals surface area contributed by atoms with E-state index in [1.807, 2.05) is 24.3 Å². The average Bonchev–Trinajstić information content (AvgIpc) is 3.25. The van der Waals surface area contributed by atoms with Crippen molar-refractivity contribution in [3.8, 4) is 0 Å². The highest BCUT2D eigenvalue weighted by Crippen LogP contribution is 2.34. The summed E-state index contributed by atoms with van der Waals surface area (Å²) in [6.07, 6.45) is -4.69. The lowest BCUT2D eigenvalue weighted by Gasteiger charge is -2.25. The molecule has 37 heavy (non-hydrogen) atoms. The number of nitrogens with zero attached hydrogens (tertiary/aromatic N) is 1. The van der Waals surface area contributed by atoms with Gasteiger partial charge in [0.25, 0.3) is 10.0 Å². The summed E-state index contributed by atoms with van der Waals surface area (Å²) in [5.74, 6) is -0.743. The first-order chi connectivity index (χ1) is 17.6. The fourth-order valence-electron chi connectivity index (χ4n) is 4.01. The summed E-state index contributed by atoms with van der Waals surface area (Å²) in [5, 5.41) is 4.36. The third-order valence-corrected chi connectivity index (χ3v) is 7.53. The molecule has 0 radical (unpaired) electrons. The number of anilines is 2. The molecule has 0 unspecified atom stereocenters. The van der Waals surface area contributed by atoms with Crippen LogP contribution in [0, 0.1) is 0 Å². The maximum atomic E-state index is 13.4. The van der Waals surface area contributed by atoms with Crippen LogP contribution in [0.2, 0.25) is 0 Å². The van der Waals surface area contributed by atoms with Gasteiger partial charge in [-0.15, -0.1) is 0 Å². The van der Waals surface area contributed by atoms with E-state index in [0.29, 0.717) is 27.2 Å². The van der Waals surface area contributed by atoms with E-state index in [1.54, 1.807) is 24.3 Å². The Kier molecular flexibility index (Phi) is 6.12. The van der Waals surface area contributed by atoms with Gasteiger partial charge in [-0.1, -0.05) is 42.5 Å².